The van der Waals surface area contributed by atoms with E-state index in [0.29, 0.717) is 0 Å². The molecule has 25 heavy (non-hydrogen) atoms. The van der Waals surface area contributed by atoms with E-state index in [0.717, 1.165) is 12.0 Å². The van der Waals surface area contributed by atoms with Crippen molar-refractivity contribution in [2.75, 3.05) is 6.61 Å². The molecule has 0 saturated heterocycles. The van der Waals surface area contributed by atoms with Gasteiger partial charge in [0.05, 0.1) is 18.2 Å². The minimum Gasteiger partial charge on any atom is -0.394 e. The molecule has 0 radical (unpaired) electrons. The average Bonchev–Trinajstić information content (AvgIpc) is 2.57. The molecule has 1 aromatic carbocycles. The van der Waals surface area contributed by atoms with Gasteiger partial charge in [-0.1, -0.05) is 63.3 Å². The molecule has 0 aromatic heterocycles. The first-order valence-electron chi connectivity index (χ1n) is 9.56. The fourth-order valence-electron chi connectivity index (χ4n) is 3.14. The summed E-state index contributed by atoms with van der Waals surface area (Å²) >= 11 is 0. The van der Waals surface area contributed by atoms with Crippen LogP contribution >= 0.6 is 0 Å². The lowest BCUT2D eigenvalue weighted by molar-refractivity contribution is -0.121. The molecule has 0 aliphatic rings. The summed E-state index contributed by atoms with van der Waals surface area (Å²) in [5.74, 6) is -0.210. The van der Waals surface area contributed by atoms with Crippen LogP contribution in [0.3, 0.4) is 0 Å². The van der Waals surface area contributed by atoms with Crippen molar-refractivity contribution >= 4 is 5.91 Å². The zero-order valence-electron chi connectivity index (χ0n) is 16.1. The van der Waals surface area contributed by atoms with Gasteiger partial charge in [0.2, 0.25) is 5.91 Å². The van der Waals surface area contributed by atoms with Crippen molar-refractivity contribution in [1.29, 1.82) is 0 Å². The second-order valence-corrected chi connectivity index (χ2v) is 7.38. The maximum Gasteiger partial charge on any atom is 0.217 e. The van der Waals surface area contributed by atoms with Gasteiger partial charge < -0.3 is 15.5 Å². The van der Waals surface area contributed by atoms with Crippen LogP contribution in [0.2, 0.25) is 0 Å². The molecule has 4 nitrogen and oxygen atoms in total. The molecule has 0 heterocycles. The third kappa shape index (κ3) is 8.50. The summed E-state index contributed by atoms with van der Waals surface area (Å²) in [6, 6.07) is 8.03. The molecule has 0 aliphatic heterocycles. The largest absolute Gasteiger partial charge is 0.394 e. The highest BCUT2D eigenvalue weighted by atomic mass is 16.3. The minimum absolute atomic E-state index is 0.209. The highest BCUT2D eigenvalue weighted by molar-refractivity contribution is 5.73. The van der Waals surface area contributed by atoms with Crippen LogP contribution in [0.1, 0.15) is 82.9 Å². The summed E-state index contributed by atoms with van der Waals surface area (Å²) < 4.78 is 0. The number of carbonyl (C=O) groups excluding carboxylic acids is 1. The van der Waals surface area contributed by atoms with Crippen molar-refractivity contribution in [1.82, 2.24) is 5.32 Å². The third-order valence-electron chi connectivity index (χ3n) is 4.65. The molecular weight excluding hydrogens is 314 g/mol. The number of benzene rings is 1. The third-order valence-corrected chi connectivity index (χ3v) is 4.65. The lowest BCUT2D eigenvalue weighted by Gasteiger charge is -2.30. The fraction of sp³-hybridized carbons (Fsp3) is 0.667. The van der Waals surface area contributed by atoms with Gasteiger partial charge in [0, 0.05) is 13.3 Å². The number of aliphatic hydroxyl groups excluding tert-OH is 2. The van der Waals surface area contributed by atoms with E-state index in [9.17, 15) is 15.0 Å². The van der Waals surface area contributed by atoms with Crippen LogP contribution in [-0.2, 0) is 11.2 Å². The number of aliphatic hydroxyl groups is 2. The fourth-order valence-corrected chi connectivity index (χ4v) is 3.14. The number of aryl methyl sites for hydroxylation is 1. The maximum atomic E-state index is 11.3. The highest BCUT2D eigenvalue weighted by Gasteiger charge is 2.28. The monoisotopic (exact) mass is 349 g/mol. The molecule has 0 saturated carbocycles. The number of hydrogen-bond donors (Lipinski definition) is 3. The molecule has 0 aliphatic carbocycles. The van der Waals surface area contributed by atoms with Crippen molar-refractivity contribution in [3.63, 3.8) is 0 Å². The first-order chi connectivity index (χ1) is 11.9. The summed E-state index contributed by atoms with van der Waals surface area (Å²) in [6.07, 6.45) is 8.37. The van der Waals surface area contributed by atoms with E-state index >= 15 is 0 Å². The predicted octanol–water partition coefficient (Wildman–Crippen LogP) is 3.90. The Hall–Kier alpha value is -1.39. The Kier molecular flexibility index (Phi) is 9.76. The second-order valence-electron chi connectivity index (χ2n) is 7.38. The standard InChI is InChI=1S/C21H35NO3/c1-4-5-6-7-8-9-10-18-11-13-19(14-12-18)20(25)15-21(3,16-23)22-17(2)24/h11-14,20,23,25H,4-10,15-16H2,1-3H3,(H,22,24). The first-order valence-corrected chi connectivity index (χ1v) is 9.56. The molecule has 4 heteroatoms. The molecule has 142 valence electrons. The lowest BCUT2D eigenvalue weighted by atomic mass is 9.91. The molecule has 0 bridgehead atoms. The maximum absolute atomic E-state index is 11.3. The number of nitrogens with one attached hydrogen (secondary N) is 1. The van der Waals surface area contributed by atoms with Crippen molar-refractivity contribution in [2.24, 2.45) is 0 Å². The van der Waals surface area contributed by atoms with Crippen molar-refractivity contribution in [2.45, 2.75) is 83.8 Å². The average molecular weight is 350 g/mol. The Labute approximate surface area is 152 Å². The van der Waals surface area contributed by atoms with Gasteiger partial charge in [0.15, 0.2) is 0 Å². The van der Waals surface area contributed by atoms with Crippen molar-refractivity contribution in [3.05, 3.63) is 35.4 Å². The molecular formula is C21H35NO3. The van der Waals surface area contributed by atoms with Crippen LogP contribution < -0.4 is 5.32 Å². The number of rotatable bonds is 12. The van der Waals surface area contributed by atoms with Gasteiger partial charge >= 0.3 is 0 Å². The number of unbranched alkanes of at least 4 members (excludes halogenated alkanes) is 5. The topological polar surface area (TPSA) is 69.6 Å². The molecule has 1 amide bonds. The quantitative estimate of drug-likeness (QED) is 0.501. The smallest absolute Gasteiger partial charge is 0.217 e. The molecule has 2 atom stereocenters. The van der Waals surface area contributed by atoms with E-state index in [1.807, 2.05) is 12.1 Å². The summed E-state index contributed by atoms with van der Waals surface area (Å²) in [6.45, 7) is 5.18. The Morgan fingerprint density at radius 3 is 2.28 bits per heavy atom. The lowest BCUT2D eigenvalue weighted by Crippen LogP contribution is -2.49. The van der Waals surface area contributed by atoms with Crippen molar-refractivity contribution in [3.8, 4) is 0 Å². The van der Waals surface area contributed by atoms with Gasteiger partial charge in [0.25, 0.3) is 0 Å². The van der Waals surface area contributed by atoms with Crippen LogP contribution in [0.15, 0.2) is 24.3 Å². The van der Waals surface area contributed by atoms with Gasteiger partial charge in [-0.25, -0.2) is 0 Å². The minimum atomic E-state index is -0.817. The molecule has 1 aromatic rings. The Bertz CT molecular complexity index is 500. The summed E-state index contributed by atoms with van der Waals surface area (Å²) in [5, 5.41) is 22.7. The van der Waals surface area contributed by atoms with Crippen LogP contribution in [0, 0.1) is 0 Å². The Morgan fingerprint density at radius 1 is 1.12 bits per heavy atom. The van der Waals surface area contributed by atoms with Crippen LogP contribution in [0.4, 0.5) is 0 Å². The number of amides is 1. The SMILES string of the molecule is CCCCCCCCc1ccc(C(O)CC(C)(CO)NC(C)=O)cc1. The van der Waals surface area contributed by atoms with E-state index in [2.05, 4.69) is 24.4 Å². The normalized spacial score (nSPS) is 14.8. The van der Waals surface area contributed by atoms with Crippen molar-refractivity contribution < 1.29 is 15.0 Å². The van der Waals surface area contributed by atoms with Gasteiger partial charge in [-0.15, -0.1) is 0 Å². The van der Waals surface area contributed by atoms with E-state index in [4.69, 9.17) is 0 Å². The molecule has 1 rings (SSSR count). The number of carbonyl (C=O) groups is 1. The highest BCUT2D eigenvalue weighted by Crippen LogP contribution is 2.24. The van der Waals surface area contributed by atoms with E-state index in [-0.39, 0.29) is 18.9 Å². The van der Waals surface area contributed by atoms with E-state index < -0.39 is 11.6 Å². The summed E-state index contributed by atoms with van der Waals surface area (Å²) in [4.78, 5) is 11.3. The van der Waals surface area contributed by atoms with E-state index in [1.54, 1.807) is 6.92 Å². The Balaban J connectivity index is 2.47. The molecule has 0 spiro atoms. The van der Waals surface area contributed by atoms with Gasteiger partial charge in [-0.2, -0.15) is 0 Å². The van der Waals surface area contributed by atoms with Crippen LogP contribution in [-0.4, -0.2) is 28.3 Å². The molecule has 0 fully saturated rings. The van der Waals surface area contributed by atoms with Crippen LogP contribution in [0.5, 0.6) is 0 Å². The van der Waals surface area contributed by atoms with E-state index in [1.165, 1.54) is 51.0 Å². The second kappa shape index (κ2) is 11.3. The summed E-state index contributed by atoms with van der Waals surface area (Å²) in [5.41, 5.74) is 1.29. The van der Waals surface area contributed by atoms with Crippen LogP contribution in [0.25, 0.3) is 0 Å². The van der Waals surface area contributed by atoms with Gasteiger partial charge in [0.1, 0.15) is 0 Å². The van der Waals surface area contributed by atoms with Gasteiger partial charge in [-0.05, 0) is 30.9 Å². The molecule has 2 unspecified atom stereocenters. The zero-order valence-corrected chi connectivity index (χ0v) is 16.1. The summed E-state index contributed by atoms with van der Waals surface area (Å²) in [7, 11) is 0. The van der Waals surface area contributed by atoms with Gasteiger partial charge in [-0.3, -0.25) is 4.79 Å². The number of hydrogen-bond acceptors (Lipinski definition) is 3. The molecule has 3 N–H and O–H groups in total. The predicted molar refractivity (Wildman–Crippen MR) is 102 cm³/mol. The zero-order chi connectivity index (χ0) is 18.7. The first kappa shape index (κ1) is 21.7. The Morgan fingerprint density at radius 2 is 1.72 bits per heavy atom.